The summed E-state index contributed by atoms with van der Waals surface area (Å²) in [5.41, 5.74) is 5.64. The van der Waals surface area contributed by atoms with Gasteiger partial charge in [-0.25, -0.2) is 0 Å². The third-order valence-electron chi connectivity index (χ3n) is 3.85. The van der Waals surface area contributed by atoms with Gasteiger partial charge in [0, 0.05) is 19.0 Å². The van der Waals surface area contributed by atoms with E-state index in [0.29, 0.717) is 12.6 Å². The molecule has 0 bridgehead atoms. The summed E-state index contributed by atoms with van der Waals surface area (Å²) in [6.45, 7) is 4.07. The maximum Gasteiger partial charge on any atom is 0.146 e. The molecule has 0 aromatic carbocycles. The van der Waals surface area contributed by atoms with Crippen LogP contribution in [0.1, 0.15) is 30.9 Å². The van der Waals surface area contributed by atoms with Crippen LogP contribution in [0.15, 0.2) is 0 Å². The SMILES string of the molecule is NCc1nnc2n1CCC(N1CCCC1)C2. The van der Waals surface area contributed by atoms with E-state index in [1.807, 2.05) is 0 Å². The third-order valence-corrected chi connectivity index (χ3v) is 3.85. The molecular weight excluding hydrogens is 202 g/mol. The van der Waals surface area contributed by atoms with Gasteiger partial charge in [-0.3, -0.25) is 4.90 Å². The van der Waals surface area contributed by atoms with Crippen molar-refractivity contribution in [2.75, 3.05) is 13.1 Å². The van der Waals surface area contributed by atoms with Crippen LogP contribution < -0.4 is 5.73 Å². The van der Waals surface area contributed by atoms with Gasteiger partial charge in [0.1, 0.15) is 11.6 Å². The second-order valence-corrected chi connectivity index (χ2v) is 4.78. The average Bonchev–Trinajstić information content (AvgIpc) is 2.97. The van der Waals surface area contributed by atoms with Crippen LogP contribution in [0, 0.1) is 0 Å². The fourth-order valence-corrected chi connectivity index (χ4v) is 2.94. The minimum absolute atomic E-state index is 0.501. The lowest BCUT2D eigenvalue weighted by Crippen LogP contribution is -2.39. The van der Waals surface area contributed by atoms with Crippen LogP contribution in [0.25, 0.3) is 0 Å². The summed E-state index contributed by atoms with van der Waals surface area (Å²) in [6.07, 6.45) is 4.99. The molecule has 2 aliphatic rings. The van der Waals surface area contributed by atoms with Crippen molar-refractivity contribution in [3.63, 3.8) is 0 Å². The van der Waals surface area contributed by atoms with Crippen molar-refractivity contribution in [1.82, 2.24) is 19.7 Å². The summed E-state index contributed by atoms with van der Waals surface area (Å²) in [4.78, 5) is 2.61. The predicted octanol–water partition coefficient (Wildman–Crippen LogP) is 0.147. The van der Waals surface area contributed by atoms with Gasteiger partial charge >= 0.3 is 0 Å². The van der Waals surface area contributed by atoms with E-state index < -0.39 is 0 Å². The van der Waals surface area contributed by atoms with Crippen LogP contribution in [0.4, 0.5) is 0 Å². The Morgan fingerprint density at radius 1 is 1.19 bits per heavy atom. The Morgan fingerprint density at radius 2 is 2.00 bits per heavy atom. The average molecular weight is 221 g/mol. The molecule has 1 aromatic rings. The Bertz CT molecular complexity index is 366. The summed E-state index contributed by atoms with van der Waals surface area (Å²) in [6, 6.07) is 0.685. The van der Waals surface area contributed by atoms with E-state index >= 15 is 0 Å². The molecule has 5 nitrogen and oxygen atoms in total. The zero-order valence-electron chi connectivity index (χ0n) is 9.60. The van der Waals surface area contributed by atoms with E-state index in [9.17, 15) is 0 Å². The smallest absolute Gasteiger partial charge is 0.146 e. The number of aromatic nitrogens is 3. The molecule has 3 heterocycles. The number of rotatable bonds is 2. The predicted molar refractivity (Wildman–Crippen MR) is 60.8 cm³/mol. The van der Waals surface area contributed by atoms with E-state index in [4.69, 9.17) is 5.73 Å². The number of hydrogen-bond acceptors (Lipinski definition) is 4. The van der Waals surface area contributed by atoms with Crippen molar-refractivity contribution in [3.05, 3.63) is 11.6 Å². The van der Waals surface area contributed by atoms with E-state index in [-0.39, 0.29) is 0 Å². The highest BCUT2D eigenvalue weighted by Gasteiger charge is 2.28. The Hall–Kier alpha value is -0.940. The zero-order chi connectivity index (χ0) is 11.0. The van der Waals surface area contributed by atoms with Crippen molar-refractivity contribution >= 4 is 0 Å². The second kappa shape index (κ2) is 4.14. The van der Waals surface area contributed by atoms with Gasteiger partial charge in [0.25, 0.3) is 0 Å². The first-order valence-corrected chi connectivity index (χ1v) is 6.23. The highest BCUT2D eigenvalue weighted by Crippen LogP contribution is 2.22. The van der Waals surface area contributed by atoms with Gasteiger partial charge in [-0.05, 0) is 32.4 Å². The number of nitrogens with two attached hydrogens (primary N) is 1. The highest BCUT2D eigenvalue weighted by molar-refractivity contribution is 5.02. The summed E-state index contributed by atoms with van der Waals surface area (Å²) in [7, 11) is 0. The molecule has 1 saturated heterocycles. The van der Waals surface area contributed by atoms with Crippen LogP contribution in [0.3, 0.4) is 0 Å². The van der Waals surface area contributed by atoms with Crippen molar-refractivity contribution in [2.45, 2.75) is 44.8 Å². The Kier molecular flexibility index (Phi) is 2.65. The summed E-state index contributed by atoms with van der Waals surface area (Å²) in [5.74, 6) is 2.07. The largest absolute Gasteiger partial charge is 0.324 e. The first-order valence-electron chi connectivity index (χ1n) is 6.23. The van der Waals surface area contributed by atoms with Gasteiger partial charge in [0.15, 0.2) is 0 Å². The molecule has 2 aliphatic heterocycles. The van der Waals surface area contributed by atoms with Gasteiger partial charge in [0.2, 0.25) is 0 Å². The number of nitrogens with zero attached hydrogens (tertiary/aromatic N) is 4. The normalized spacial score (nSPS) is 25.9. The van der Waals surface area contributed by atoms with Gasteiger partial charge in [-0.15, -0.1) is 10.2 Å². The van der Waals surface area contributed by atoms with Crippen LogP contribution in [-0.4, -0.2) is 38.8 Å². The number of likely N-dealkylation sites (tertiary alicyclic amines) is 1. The lowest BCUT2D eigenvalue weighted by molar-refractivity contribution is 0.202. The fraction of sp³-hybridized carbons (Fsp3) is 0.818. The highest BCUT2D eigenvalue weighted by atomic mass is 15.3. The molecular formula is C11H19N5. The molecule has 0 saturated carbocycles. The molecule has 1 aromatic heterocycles. The van der Waals surface area contributed by atoms with Gasteiger partial charge in [-0.1, -0.05) is 0 Å². The third kappa shape index (κ3) is 1.64. The monoisotopic (exact) mass is 221 g/mol. The molecule has 2 N–H and O–H groups in total. The fourth-order valence-electron chi connectivity index (χ4n) is 2.94. The van der Waals surface area contributed by atoms with Crippen LogP contribution in [0.5, 0.6) is 0 Å². The molecule has 1 fully saturated rings. The Morgan fingerprint density at radius 3 is 2.75 bits per heavy atom. The molecule has 1 atom stereocenters. The quantitative estimate of drug-likeness (QED) is 0.772. The van der Waals surface area contributed by atoms with Crippen LogP contribution in [0.2, 0.25) is 0 Å². The zero-order valence-corrected chi connectivity index (χ0v) is 9.60. The molecule has 0 radical (unpaired) electrons. The first kappa shape index (κ1) is 10.2. The molecule has 0 aliphatic carbocycles. The Balaban J connectivity index is 1.76. The number of fused-ring (bicyclic) bond motifs is 1. The molecule has 0 spiro atoms. The summed E-state index contributed by atoms with van der Waals surface area (Å²) < 4.78 is 2.20. The minimum atomic E-state index is 0.501. The lowest BCUT2D eigenvalue weighted by atomic mass is 10.0. The van der Waals surface area contributed by atoms with Crippen LogP contribution in [-0.2, 0) is 19.5 Å². The molecule has 0 amide bonds. The van der Waals surface area contributed by atoms with Gasteiger partial charge in [0.05, 0.1) is 6.54 Å². The maximum absolute atomic E-state index is 5.64. The minimum Gasteiger partial charge on any atom is -0.324 e. The maximum atomic E-state index is 5.64. The molecule has 5 heteroatoms. The summed E-state index contributed by atoms with van der Waals surface area (Å²) >= 11 is 0. The second-order valence-electron chi connectivity index (χ2n) is 4.78. The molecule has 88 valence electrons. The number of hydrogen-bond donors (Lipinski definition) is 1. The van der Waals surface area contributed by atoms with Crippen molar-refractivity contribution < 1.29 is 0 Å². The van der Waals surface area contributed by atoms with Crippen molar-refractivity contribution in [3.8, 4) is 0 Å². The summed E-state index contributed by atoms with van der Waals surface area (Å²) in [5, 5.41) is 8.40. The first-order chi connectivity index (χ1) is 7.88. The molecule has 16 heavy (non-hydrogen) atoms. The standard InChI is InChI=1S/C11H19N5/c12-8-11-14-13-10-7-9(3-6-16(10)11)15-4-1-2-5-15/h9H,1-8,12H2. The molecule has 1 unspecified atom stereocenters. The Labute approximate surface area is 95.6 Å². The topological polar surface area (TPSA) is 60.0 Å². The van der Waals surface area contributed by atoms with E-state index in [2.05, 4.69) is 19.7 Å². The van der Waals surface area contributed by atoms with Crippen molar-refractivity contribution in [1.29, 1.82) is 0 Å². The van der Waals surface area contributed by atoms with Gasteiger partial charge < -0.3 is 10.3 Å². The molecule has 3 rings (SSSR count). The van der Waals surface area contributed by atoms with Gasteiger partial charge in [-0.2, -0.15) is 0 Å². The lowest BCUT2D eigenvalue weighted by Gasteiger charge is -2.31. The van der Waals surface area contributed by atoms with E-state index in [1.165, 1.54) is 32.4 Å². The van der Waals surface area contributed by atoms with Crippen molar-refractivity contribution in [2.24, 2.45) is 5.73 Å². The van der Waals surface area contributed by atoms with Crippen LogP contribution >= 0.6 is 0 Å². The van der Waals surface area contributed by atoms with E-state index in [1.54, 1.807) is 0 Å². The van der Waals surface area contributed by atoms with E-state index in [0.717, 1.165) is 24.6 Å².